The molecule has 0 radical (unpaired) electrons. The van der Waals surface area contributed by atoms with Crippen molar-refractivity contribution in [2.24, 2.45) is 0 Å². The summed E-state index contributed by atoms with van der Waals surface area (Å²) < 4.78 is 32.4. The van der Waals surface area contributed by atoms with Gasteiger partial charge < -0.3 is 33.9 Å². The fourth-order valence-corrected chi connectivity index (χ4v) is 6.26. The molecule has 0 spiro atoms. The summed E-state index contributed by atoms with van der Waals surface area (Å²) in [7, 11) is 6.37. The van der Waals surface area contributed by atoms with Crippen molar-refractivity contribution in [1.82, 2.24) is 19.4 Å². The Morgan fingerprint density at radius 3 is 2.37 bits per heavy atom. The van der Waals surface area contributed by atoms with Gasteiger partial charge in [-0.25, -0.2) is 9.37 Å². The molecule has 3 aromatic carbocycles. The van der Waals surface area contributed by atoms with Gasteiger partial charge in [0.05, 0.1) is 32.4 Å². The van der Waals surface area contributed by atoms with Crippen LogP contribution in [0.15, 0.2) is 73.3 Å². The van der Waals surface area contributed by atoms with Crippen LogP contribution in [-0.4, -0.2) is 85.9 Å². The quantitative estimate of drug-likeness (QED) is 0.166. The van der Waals surface area contributed by atoms with E-state index < -0.39 is 0 Å². The van der Waals surface area contributed by atoms with Crippen molar-refractivity contribution < 1.29 is 23.4 Å². The third-order valence-electron chi connectivity index (χ3n) is 8.77. The van der Waals surface area contributed by atoms with Crippen LogP contribution in [0, 0.1) is 5.82 Å². The molecule has 1 aromatic heterocycles. The van der Waals surface area contributed by atoms with E-state index in [9.17, 15) is 9.18 Å². The first-order valence-electron chi connectivity index (χ1n) is 15.7. The third-order valence-corrected chi connectivity index (χ3v) is 8.77. The summed E-state index contributed by atoms with van der Waals surface area (Å²) in [5, 5.41) is 3.69. The Balaban J connectivity index is 1.22. The van der Waals surface area contributed by atoms with Crippen LogP contribution in [0.3, 0.4) is 0 Å². The van der Waals surface area contributed by atoms with E-state index in [2.05, 4.69) is 27.4 Å². The van der Waals surface area contributed by atoms with Crippen LogP contribution in [0.5, 0.6) is 17.2 Å². The molecule has 1 atom stereocenters. The van der Waals surface area contributed by atoms with Gasteiger partial charge in [0.1, 0.15) is 5.82 Å². The summed E-state index contributed by atoms with van der Waals surface area (Å²) in [6.07, 6.45) is 4.72. The lowest BCUT2D eigenvalue weighted by Crippen LogP contribution is -2.40. The zero-order chi connectivity index (χ0) is 32.6. The molecule has 0 bridgehead atoms. The van der Waals surface area contributed by atoms with Crippen molar-refractivity contribution in [3.05, 3.63) is 90.3 Å². The number of hydrogen-bond donors (Lipinski definition) is 1. The standard InChI is InChI=1S/C36H44FN5O4/c1-6-18-42-31-10-8-7-9-30(31)39-36(42)38-29-16-20-41(21-17-29)19-15-26(25-11-13-28(37)14-12-25)24-40(2)35(43)27-22-32(44-3)34(46-5)33(23-27)45-4/h6-14,22-23,26,29H,1,15-21,24H2,2-5H3,(H,38,39). The van der Waals surface area contributed by atoms with Crippen molar-refractivity contribution in [2.45, 2.75) is 37.8 Å². The largest absolute Gasteiger partial charge is 0.493 e. The number of aromatic nitrogens is 2. The minimum atomic E-state index is -0.277. The maximum absolute atomic E-state index is 13.8. The Bertz CT molecular complexity index is 1610. The van der Waals surface area contributed by atoms with E-state index in [1.54, 1.807) is 24.1 Å². The number of ether oxygens (including phenoxy) is 3. The Kier molecular flexibility index (Phi) is 10.8. The number of allylic oxidation sites excluding steroid dienone is 1. The van der Waals surface area contributed by atoms with Crippen molar-refractivity contribution in [3.8, 4) is 17.2 Å². The predicted octanol–water partition coefficient (Wildman–Crippen LogP) is 6.21. The van der Waals surface area contributed by atoms with Gasteiger partial charge in [0, 0.05) is 50.7 Å². The van der Waals surface area contributed by atoms with Gasteiger partial charge in [0.2, 0.25) is 11.7 Å². The molecule has 5 rings (SSSR count). The third kappa shape index (κ3) is 7.45. The van der Waals surface area contributed by atoms with E-state index in [-0.39, 0.29) is 17.6 Å². The van der Waals surface area contributed by atoms with Crippen LogP contribution in [0.2, 0.25) is 0 Å². The molecule has 10 heteroatoms. The number of likely N-dealkylation sites (N-methyl/N-ethyl adjacent to an activating group) is 1. The average molecular weight is 630 g/mol. The molecule has 4 aromatic rings. The second-order valence-electron chi connectivity index (χ2n) is 11.7. The second-order valence-corrected chi connectivity index (χ2v) is 11.7. The number of hydrogen-bond acceptors (Lipinski definition) is 7. The number of carbonyl (C=O) groups is 1. The predicted molar refractivity (Wildman–Crippen MR) is 180 cm³/mol. The molecule has 244 valence electrons. The number of amides is 1. The number of piperidine rings is 1. The fourth-order valence-electron chi connectivity index (χ4n) is 6.26. The normalized spacial score (nSPS) is 14.5. The number of carbonyl (C=O) groups excluding carboxylic acids is 1. The van der Waals surface area contributed by atoms with Gasteiger partial charge in [-0.05, 0) is 67.8 Å². The Labute approximate surface area is 270 Å². The molecule has 46 heavy (non-hydrogen) atoms. The molecule has 9 nitrogen and oxygen atoms in total. The molecule has 1 amide bonds. The van der Waals surface area contributed by atoms with Gasteiger partial charge >= 0.3 is 0 Å². The number of likely N-dealkylation sites (tertiary alicyclic amines) is 1. The van der Waals surface area contributed by atoms with Crippen LogP contribution in [0.25, 0.3) is 11.0 Å². The maximum Gasteiger partial charge on any atom is 0.253 e. The SMILES string of the molecule is C=CCn1c(NC2CCN(CCC(CN(C)C(=O)c3cc(OC)c(OC)c(OC)c3)c3ccc(F)cc3)CC2)nc2ccccc21. The molecular weight excluding hydrogens is 585 g/mol. The highest BCUT2D eigenvalue weighted by atomic mass is 19.1. The maximum atomic E-state index is 13.8. The number of para-hydroxylation sites is 2. The van der Waals surface area contributed by atoms with Gasteiger partial charge in [-0.2, -0.15) is 0 Å². The van der Waals surface area contributed by atoms with E-state index in [0.29, 0.717) is 41.9 Å². The first-order valence-corrected chi connectivity index (χ1v) is 15.7. The number of anilines is 1. The van der Waals surface area contributed by atoms with Crippen LogP contribution >= 0.6 is 0 Å². The number of nitrogens with zero attached hydrogens (tertiary/aromatic N) is 4. The van der Waals surface area contributed by atoms with Crippen molar-refractivity contribution in [3.63, 3.8) is 0 Å². The van der Waals surface area contributed by atoms with Crippen LogP contribution in [-0.2, 0) is 6.54 Å². The van der Waals surface area contributed by atoms with Crippen molar-refractivity contribution >= 4 is 22.9 Å². The zero-order valence-corrected chi connectivity index (χ0v) is 27.2. The number of methoxy groups -OCH3 is 3. The van der Waals surface area contributed by atoms with Crippen molar-refractivity contribution in [1.29, 1.82) is 0 Å². The monoisotopic (exact) mass is 629 g/mol. The molecular formula is C36H44FN5O4. The highest BCUT2D eigenvalue weighted by Gasteiger charge is 2.25. The minimum Gasteiger partial charge on any atom is -0.493 e. The molecule has 2 heterocycles. The Morgan fingerprint density at radius 1 is 1.07 bits per heavy atom. The minimum absolute atomic E-state index is 0.0197. The Morgan fingerprint density at radius 2 is 1.74 bits per heavy atom. The second kappa shape index (κ2) is 15.1. The lowest BCUT2D eigenvalue weighted by atomic mass is 9.94. The number of benzene rings is 3. The number of rotatable bonds is 14. The van der Waals surface area contributed by atoms with Gasteiger partial charge in [-0.1, -0.05) is 30.3 Å². The zero-order valence-electron chi connectivity index (χ0n) is 27.2. The van der Waals surface area contributed by atoms with E-state index in [4.69, 9.17) is 19.2 Å². The molecule has 1 N–H and O–H groups in total. The first kappa shape index (κ1) is 32.8. The number of nitrogens with one attached hydrogen (secondary N) is 1. The van der Waals surface area contributed by atoms with Gasteiger partial charge in [-0.15, -0.1) is 6.58 Å². The van der Waals surface area contributed by atoms with Gasteiger partial charge in [0.15, 0.2) is 11.5 Å². The van der Waals surface area contributed by atoms with E-state index in [0.717, 1.165) is 61.4 Å². The first-order chi connectivity index (χ1) is 22.3. The highest BCUT2D eigenvalue weighted by molar-refractivity contribution is 5.95. The number of imidazole rings is 1. The molecule has 1 aliphatic rings. The summed E-state index contributed by atoms with van der Waals surface area (Å²) >= 11 is 0. The lowest BCUT2D eigenvalue weighted by Gasteiger charge is -2.34. The molecule has 1 fully saturated rings. The number of fused-ring (bicyclic) bond motifs is 1. The van der Waals surface area contributed by atoms with Crippen LogP contribution < -0.4 is 19.5 Å². The smallest absolute Gasteiger partial charge is 0.253 e. The molecule has 1 saturated heterocycles. The molecule has 1 aliphatic heterocycles. The molecule has 0 saturated carbocycles. The topological polar surface area (TPSA) is 81.1 Å². The van der Waals surface area contributed by atoms with Gasteiger partial charge in [-0.3, -0.25) is 4.79 Å². The molecule has 0 aliphatic carbocycles. The van der Waals surface area contributed by atoms with Gasteiger partial charge in [0.25, 0.3) is 5.91 Å². The summed E-state index contributed by atoms with van der Waals surface area (Å²) in [6.45, 7) is 7.87. The summed E-state index contributed by atoms with van der Waals surface area (Å²) in [6, 6.07) is 18.4. The van der Waals surface area contributed by atoms with Crippen molar-refractivity contribution in [2.75, 3.05) is 59.9 Å². The number of halogens is 1. The summed E-state index contributed by atoms with van der Waals surface area (Å²) in [5.41, 5.74) is 3.52. The van der Waals surface area contributed by atoms with Crippen LogP contribution in [0.4, 0.5) is 10.3 Å². The highest BCUT2D eigenvalue weighted by Crippen LogP contribution is 2.38. The van der Waals surface area contributed by atoms with E-state index in [1.807, 2.05) is 36.4 Å². The molecule has 1 unspecified atom stereocenters. The average Bonchev–Trinajstić information content (AvgIpc) is 3.43. The van der Waals surface area contributed by atoms with Crippen LogP contribution in [0.1, 0.15) is 41.1 Å². The summed E-state index contributed by atoms with van der Waals surface area (Å²) in [5.74, 6) is 1.74. The lowest BCUT2D eigenvalue weighted by molar-refractivity contribution is 0.0781. The Hall–Kier alpha value is -4.57. The van der Waals surface area contributed by atoms with E-state index in [1.165, 1.54) is 33.5 Å². The fraction of sp³-hybridized carbons (Fsp3) is 0.389. The van der Waals surface area contributed by atoms with E-state index >= 15 is 0 Å². The summed E-state index contributed by atoms with van der Waals surface area (Å²) in [4.78, 5) is 22.6.